The molecule has 58 heavy (non-hydrogen) atoms. The molecule has 2 bridgehead atoms. The average Bonchev–Trinajstić information content (AvgIpc) is 3.86. The van der Waals surface area contributed by atoms with E-state index < -0.39 is 52.5 Å². The summed E-state index contributed by atoms with van der Waals surface area (Å²) in [5, 5.41) is 14.4. The van der Waals surface area contributed by atoms with Crippen LogP contribution in [0.4, 0.5) is 0 Å². The van der Waals surface area contributed by atoms with Gasteiger partial charge in [-0.2, -0.15) is 0 Å². The van der Waals surface area contributed by atoms with E-state index in [2.05, 4.69) is 87.6 Å². The number of aromatic nitrogens is 1. The molecule has 1 aromatic heterocycles. The Labute approximate surface area is 354 Å². The highest BCUT2D eigenvalue weighted by Crippen LogP contribution is 2.68. The number of piperidine rings is 1. The Bertz CT molecular complexity index is 2150. The van der Waals surface area contributed by atoms with Gasteiger partial charge in [0.15, 0.2) is 0 Å². The molecule has 1 aromatic carbocycles. The van der Waals surface area contributed by atoms with Crippen molar-refractivity contribution in [2.45, 2.75) is 94.7 Å². The molecule has 9 rings (SSSR count). The van der Waals surface area contributed by atoms with E-state index in [1.807, 2.05) is 11.9 Å². The van der Waals surface area contributed by atoms with Crippen LogP contribution in [0.3, 0.4) is 0 Å². The number of benzene rings is 1. The van der Waals surface area contributed by atoms with E-state index in [0.717, 1.165) is 82.4 Å². The highest BCUT2D eigenvalue weighted by molar-refractivity contribution is 14.1. The van der Waals surface area contributed by atoms with E-state index in [4.69, 9.17) is 18.9 Å². The quantitative estimate of drug-likeness (QED) is 0.167. The van der Waals surface area contributed by atoms with E-state index >= 15 is 4.79 Å². The van der Waals surface area contributed by atoms with Crippen molar-refractivity contribution in [1.29, 1.82) is 0 Å². The number of allylic oxidation sites excluding steroid dienone is 1. The Morgan fingerprint density at radius 3 is 2.50 bits per heavy atom. The second kappa shape index (κ2) is 14.5. The summed E-state index contributed by atoms with van der Waals surface area (Å²) in [5.74, 6) is -2.40. The van der Waals surface area contributed by atoms with Gasteiger partial charge in [0.05, 0.1) is 26.4 Å². The van der Waals surface area contributed by atoms with Gasteiger partial charge in [-0.3, -0.25) is 19.4 Å². The van der Waals surface area contributed by atoms with Crippen molar-refractivity contribution in [3.05, 3.63) is 68.1 Å². The number of esters is 3. The molecule has 0 radical (unpaired) electrons. The average molecular weight is 909 g/mol. The molecule has 7 aliphatic rings. The maximum atomic E-state index is 15.3. The van der Waals surface area contributed by atoms with Crippen molar-refractivity contribution in [3.8, 4) is 0 Å². The molecule has 12 atom stereocenters. The maximum Gasteiger partial charge on any atom is 0.344 e. The number of fused-ring (bicyclic) bond motifs is 6. The van der Waals surface area contributed by atoms with Crippen LogP contribution in [0, 0.1) is 32.7 Å². The Hall–Kier alpha value is -3.24. The van der Waals surface area contributed by atoms with Crippen LogP contribution in [0.5, 0.6) is 0 Å². The molecule has 312 valence electrons. The summed E-state index contributed by atoms with van der Waals surface area (Å²) >= 11 is 2.37. The van der Waals surface area contributed by atoms with Crippen molar-refractivity contribution < 1.29 is 38.4 Å². The molecule has 1 saturated carbocycles. The smallest absolute Gasteiger partial charge is 0.344 e. The summed E-state index contributed by atoms with van der Waals surface area (Å²) in [6.45, 7) is 9.69. The number of nitrogens with zero attached hydrogens (tertiary/aromatic N) is 3. The molecule has 2 N–H and O–H groups in total. The third kappa shape index (κ3) is 5.40. The van der Waals surface area contributed by atoms with Gasteiger partial charge in [0.25, 0.3) is 0 Å². The van der Waals surface area contributed by atoms with Crippen molar-refractivity contribution in [2.24, 2.45) is 29.1 Å². The number of likely N-dealkylation sites (N-methyl/N-ethyl adjacent to an activating group) is 1. The fourth-order valence-electron chi connectivity index (χ4n) is 13.5. The normalized spacial score (nSPS) is 38.9. The van der Waals surface area contributed by atoms with Gasteiger partial charge >= 0.3 is 17.9 Å². The monoisotopic (exact) mass is 908 g/mol. The number of carbonyl (C=O) groups is 3. The van der Waals surface area contributed by atoms with Crippen molar-refractivity contribution >= 4 is 51.4 Å². The van der Waals surface area contributed by atoms with E-state index in [1.165, 1.54) is 26.7 Å². The lowest BCUT2D eigenvalue weighted by Gasteiger charge is -2.61. The lowest BCUT2D eigenvalue weighted by Crippen LogP contribution is -2.77. The highest BCUT2D eigenvalue weighted by atomic mass is 127. The molecular weight excluding hydrogens is 851 g/mol. The molecule has 2 aromatic rings. The number of aromatic amines is 1. The van der Waals surface area contributed by atoms with Crippen LogP contribution in [0.1, 0.15) is 64.1 Å². The minimum Gasteiger partial charge on any atom is -0.468 e. The first-order valence-electron chi connectivity index (χ1n) is 21.0. The fourth-order valence-corrected chi connectivity index (χ4v) is 14.0. The second-order valence-corrected chi connectivity index (χ2v) is 19.2. The minimum atomic E-state index is -2.19. The third-order valence-corrected chi connectivity index (χ3v) is 16.2. The van der Waals surface area contributed by atoms with Crippen LogP contribution < -0.4 is 0 Å². The third-order valence-electron chi connectivity index (χ3n) is 15.5. The zero-order valence-electron chi connectivity index (χ0n) is 34.7. The number of hydrogen-bond donors (Lipinski definition) is 2. The van der Waals surface area contributed by atoms with Gasteiger partial charge in [0, 0.05) is 89.9 Å². The van der Waals surface area contributed by atoms with Crippen molar-refractivity contribution in [2.75, 3.05) is 54.6 Å². The number of hydrogen-bond acceptors (Lipinski definition) is 11. The number of H-pyrrole nitrogens is 1. The summed E-state index contributed by atoms with van der Waals surface area (Å²) in [5.41, 5.74) is 1.99. The molecule has 5 aliphatic heterocycles. The SMILES string of the molecule is CCC1=C[C@H]2CN(C1)Cc1c([nH]c3ccc(I)cc13)[C@@](C(=O)OC)(C1C=C3C(=CC1OC)N(C)[C@H]1[C@@](O)(C(=O)OC)[C@H](OC(C)=O)C4[C@@H](CC)CCN5CC[C@]31[C@H]45)C2. The number of ether oxygens (including phenoxy) is 4. The standard InChI is InChI=1S/C45H57IN4O8/c1-8-25-16-26-20-44(41(52)56-6,37-30(23-49(21-25)22-26)29-17-28(46)10-11-33(29)47-37)32-18-31-34(19-35(32)55-5)48(4)40-43(31)13-15-50-14-12-27(9-2)36(38(43)50)39(58-24(3)51)45(40,54)42(53)57-7/h10-11,16-19,26-27,32,35-36,38-40,47,54H,8-9,12-15,20-23H2,1-7H3/t26-,27+,32?,35?,36?,38+,39-,40-,43-,44+,45-/m1/s1. The lowest BCUT2D eigenvalue weighted by molar-refractivity contribution is -0.238. The van der Waals surface area contributed by atoms with Gasteiger partial charge in [-0.25, -0.2) is 4.79 Å². The molecule has 3 saturated heterocycles. The van der Waals surface area contributed by atoms with Crippen LogP contribution in [-0.4, -0.2) is 127 Å². The molecule has 13 heteroatoms. The Kier molecular flexibility index (Phi) is 10.0. The number of halogens is 1. The minimum absolute atomic E-state index is 0.0690. The van der Waals surface area contributed by atoms with Crippen molar-refractivity contribution in [3.63, 3.8) is 0 Å². The fraction of sp³-hybridized carbons (Fsp3) is 0.622. The van der Waals surface area contributed by atoms with Crippen LogP contribution in [0.15, 0.2) is 53.3 Å². The van der Waals surface area contributed by atoms with Crippen LogP contribution >= 0.6 is 22.6 Å². The lowest BCUT2D eigenvalue weighted by atomic mass is 9.50. The first kappa shape index (κ1) is 40.2. The van der Waals surface area contributed by atoms with Gasteiger partial charge < -0.3 is 33.9 Å². The maximum absolute atomic E-state index is 15.3. The Morgan fingerprint density at radius 1 is 1.03 bits per heavy atom. The summed E-state index contributed by atoms with van der Waals surface area (Å²) in [7, 11) is 6.39. The Morgan fingerprint density at radius 2 is 1.81 bits per heavy atom. The first-order valence-corrected chi connectivity index (χ1v) is 22.1. The topological polar surface area (TPSA) is 134 Å². The molecule has 2 aliphatic carbocycles. The largest absolute Gasteiger partial charge is 0.468 e. The number of carbonyl (C=O) groups excluding carboxylic acids is 3. The molecule has 1 spiro atoms. The number of methoxy groups -OCH3 is 3. The van der Waals surface area contributed by atoms with Crippen LogP contribution in [0.25, 0.3) is 10.9 Å². The van der Waals surface area contributed by atoms with Crippen molar-refractivity contribution in [1.82, 2.24) is 19.7 Å². The molecule has 6 heterocycles. The van der Waals surface area contributed by atoms with Crippen LogP contribution in [0.2, 0.25) is 0 Å². The highest BCUT2D eigenvalue weighted by Gasteiger charge is 2.79. The molecular formula is C45H57IN4O8. The van der Waals surface area contributed by atoms with E-state index in [9.17, 15) is 14.7 Å². The van der Waals surface area contributed by atoms with Gasteiger partial charge in [0.2, 0.25) is 5.60 Å². The molecule has 4 fully saturated rings. The van der Waals surface area contributed by atoms with E-state index in [-0.39, 0.29) is 29.8 Å². The number of likely N-dealkylation sites (tertiary alicyclic amines) is 1. The number of nitrogens with one attached hydrogen (secondary N) is 1. The zero-order chi connectivity index (χ0) is 41.1. The Balaban J connectivity index is 1.32. The van der Waals surface area contributed by atoms with E-state index in [1.54, 1.807) is 7.11 Å². The van der Waals surface area contributed by atoms with Gasteiger partial charge in [-0.05, 0) is 109 Å². The van der Waals surface area contributed by atoms with Crippen LogP contribution in [-0.2, 0) is 45.3 Å². The van der Waals surface area contributed by atoms with Gasteiger partial charge in [-0.15, -0.1) is 0 Å². The second-order valence-electron chi connectivity index (χ2n) is 18.0. The summed E-state index contributed by atoms with van der Waals surface area (Å²) in [6.07, 6.45) is 8.84. The van der Waals surface area contributed by atoms with Gasteiger partial charge in [0.1, 0.15) is 11.5 Å². The zero-order valence-corrected chi connectivity index (χ0v) is 36.8. The first-order chi connectivity index (χ1) is 27.8. The summed E-state index contributed by atoms with van der Waals surface area (Å²) in [6, 6.07) is 5.44. The summed E-state index contributed by atoms with van der Waals surface area (Å²) in [4.78, 5) is 53.4. The molecule has 4 unspecified atom stereocenters. The predicted octanol–water partition coefficient (Wildman–Crippen LogP) is 5.08. The number of rotatable bonds is 7. The molecule has 12 nitrogen and oxygen atoms in total. The van der Waals surface area contributed by atoms with E-state index in [0.29, 0.717) is 19.4 Å². The number of aliphatic hydroxyl groups is 1. The predicted molar refractivity (Wildman–Crippen MR) is 225 cm³/mol. The summed E-state index contributed by atoms with van der Waals surface area (Å²) < 4.78 is 25.2. The molecule has 0 amide bonds. The van der Waals surface area contributed by atoms with Gasteiger partial charge in [-0.1, -0.05) is 38.0 Å².